The van der Waals surface area contributed by atoms with Crippen LogP contribution in [-0.2, 0) is 33.9 Å². The number of hydrogen-bond acceptors (Lipinski definition) is 7. The van der Waals surface area contributed by atoms with E-state index in [2.05, 4.69) is 0 Å². The van der Waals surface area contributed by atoms with Gasteiger partial charge in [0.1, 0.15) is 18.1 Å². The van der Waals surface area contributed by atoms with E-state index < -0.39 is 33.9 Å². The molecule has 8 nitrogen and oxygen atoms in total. The van der Waals surface area contributed by atoms with E-state index in [9.17, 15) is 18.0 Å². The summed E-state index contributed by atoms with van der Waals surface area (Å²) in [5.41, 5.74) is 0. The number of ether oxygens (including phenoxy) is 3. The lowest BCUT2D eigenvalue weighted by atomic mass is 9.82. The summed E-state index contributed by atoms with van der Waals surface area (Å²) in [6, 6.07) is 0. The maximum absolute atomic E-state index is 11.9. The van der Waals surface area contributed by atoms with Crippen molar-refractivity contribution < 1.29 is 36.8 Å². The fourth-order valence-corrected chi connectivity index (χ4v) is 3.56. The number of carbonyl (C=O) groups excluding carboxylic acids is 2. The fourth-order valence-electron chi connectivity index (χ4n) is 3.08. The van der Waals surface area contributed by atoms with Crippen LogP contribution < -0.4 is 0 Å². The van der Waals surface area contributed by atoms with Crippen LogP contribution in [0.2, 0.25) is 0 Å². The summed E-state index contributed by atoms with van der Waals surface area (Å²) in [5, 5.41) is 0. The van der Waals surface area contributed by atoms with Gasteiger partial charge in [0.25, 0.3) is 10.1 Å². The Hall–Kier alpha value is -1.19. The van der Waals surface area contributed by atoms with Gasteiger partial charge in [0.15, 0.2) is 0 Å². The SMILES string of the molecule is O=C1OC2C3OC(CC13)C2C(=O)OCCCS(=O)(=O)O. The molecule has 0 aromatic heterocycles. The average molecular weight is 306 g/mol. The minimum absolute atomic E-state index is 0.0132. The summed E-state index contributed by atoms with van der Waals surface area (Å²) < 4.78 is 45.2. The Labute approximate surface area is 115 Å². The molecule has 9 heteroatoms. The van der Waals surface area contributed by atoms with Crippen LogP contribution in [0.25, 0.3) is 0 Å². The minimum atomic E-state index is -4.05. The fraction of sp³-hybridized carbons (Fsp3) is 0.818. The number of carbonyl (C=O) groups is 2. The first-order chi connectivity index (χ1) is 9.37. The molecule has 0 amide bonds. The summed E-state index contributed by atoms with van der Waals surface area (Å²) in [4.78, 5) is 23.4. The van der Waals surface area contributed by atoms with E-state index in [1.165, 1.54) is 0 Å². The summed E-state index contributed by atoms with van der Waals surface area (Å²) in [7, 11) is -4.05. The van der Waals surface area contributed by atoms with Crippen LogP contribution in [-0.4, -0.2) is 55.6 Å². The van der Waals surface area contributed by atoms with Gasteiger partial charge in [0.2, 0.25) is 0 Å². The molecule has 3 aliphatic heterocycles. The Morgan fingerprint density at radius 1 is 1.40 bits per heavy atom. The lowest BCUT2D eigenvalue weighted by Crippen LogP contribution is -2.38. The molecule has 3 heterocycles. The van der Waals surface area contributed by atoms with Crippen molar-refractivity contribution in [3.8, 4) is 0 Å². The normalized spacial score (nSPS) is 38.0. The topological polar surface area (TPSA) is 116 Å². The van der Waals surface area contributed by atoms with Crippen LogP contribution in [0.4, 0.5) is 0 Å². The molecule has 1 N–H and O–H groups in total. The first-order valence-corrected chi connectivity index (χ1v) is 7.95. The Kier molecular flexibility index (Phi) is 3.22. The molecular formula is C11H14O8S. The predicted octanol–water partition coefficient (Wildman–Crippen LogP) is -0.864. The molecule has 3 saturated heterocycles. The Bertz CT molecular complexity index is 541. The van der Waals surface area contributed by atoms with E-state index in [0.29, 0.717) is 6.42 Å². The van der Waals surface area contributed by atoms with Gasteiger partial charge in [0, 0.05) is 0 Å². The van der Waals surface area contributed by atoms with Gasteiger partial charge in [-0.3, -0.25) is 14.1 Å². The number of rotatable bonds is 5. The van der Waals surface area contributed by atoms with Crippen molar-refractivity contribution in [3.05, 3.63) is 0 Å². The van der Waals surface area contributed by atoms with Gasteiger partial charge in [-0.1, -0.05) is 0 Å². The van der Waals surface area contributed by atoms with Gasteiger partial charge in [-0.15, -0.1) is 0 Å². The molecule has 0 aromatic rings. The highest BCUT2D eigenvalue weighted by molar-refractivity contribution is 7.85. The standard InChI is InChI=1S/C11H14O8S/c12-10-5-4-6-7(9(19-10)8(5)18-6)11(13)17-2-1-3-20(14,15)16/h5-9H,1-4H2,(H,14,15,16). The molecule has 3 aliphatic rings. The zero-order chi connectivity index (χ0) is 14.5. The lowest BCUT2D eigenvalue weighted by molar-refractivity contribution is -0.155. The molecule has 0 saturated carbocycles. The van der Waals surface area contributed by atoms with Crippen LogP contribution in [0.5, 0.6) is 0 Å². The van der Waals surface area contributed by atoms with Crippen molar-refractivity contribution in [1.29, 1.82) is 0 Å². The lowest BCUT2D eigenvalue weighted by Gasteiger charge is -2.20. The van der Waals surface area contributed by atoms with E-state index in [0.717, 1.165) is 0 Å². The van der Waals surface area contributed by atoms with E-state index in [1.807, 2.05) is 0 Å². The third-order valence-electron chi connectivity index (χ3n) is 3.91. The Morgan fingerprint density at radius 2 is 2.15 bits per heavy atom. The number of esters is 2. The van der Waals surface area contributed by atoms with Crippen molar-refractivity contribution in [3.63, 3.8) is 0 Å². The van der Waals surface area contributed by atoms with Crippen molar-refractivity contribution in [2.45, 2.75) is 31.2 Å². The summed E-state index contributed by atoms with van der Waals surface area (Å²) in [6.45, 7) is -0.114. The summed E-state index contributed by atoms with van der Waals surface area (Å²) in [5.74, 6) is -2.24. The first-order valence-electron chi connectivity index (χ1n) is 6.34. The van der Waals surface area contributed by atoms with E-state index in [-0.39, 0.29) is 37.1 Å². The van der Waals surface area contributed by atoms with Crippen LogP contribution >= 0.6 is 0 Å². The smallest absolute Gasteiger partial charge is 0.315 e. The molecule has 3 rings (SSSR count). The molecule has 0 aromatic carbocycles. The van der Waals surface area contributed by atoms with Gasteiger partial charge >= 0.3 is 11.9 Å². The molecule has 112 valence electrons. The average Bonchev–Trinajstić information content (AvgIpc) is 2.94. The van der Waals surface area contributed by atoms with Crippen LogP contribution in [0.1, 0.15) is 12.8 Å². The first kappa shape index (κ1) is 13.8. The second-order valence-electron chi connectivity index (χ2n) is 5.22. The third kappa shape index (κ3) is 2.29. The maximum atomic E-state index is 11.9. The molecule has 3 fully saturated rings. The van der Waals surface area contributed by atoms with Crippen LogP contribution in [0.15, 0.2) is 0 Å². The molecule has 5 unspecified atom stereocenters. The van der Waals surface area contributed by atoms with Gasteiger partial charge in [0.05, 0.1) is 24.4 Å². The molecule has 0 spiro atoms. The van der Waals surface area contributed by atoms with E-state index in [4.69, 9.17) is 18.8 Å². The van der Waals surface area contributed by atoms with Gasteiger partial charge in [-0.05, 0) is 12.8 Å². The zero-order valence-electron chi connectivity index (χ0n) is 10.4. The molecule has 5 atom stereocenters. The molecule has 2 bridgehead atoms. The highest BCUT2D eigenvalue weighted by atomic mass is 32.2. The van der Waals surface area contributed by atoms with Crippen molar-refractivity contribution in [2.75, 3.05) is 12.4 Å². The van der Waals surface area contributed by atoms with Crippen LogP contribution in [0.3, 0.4) is 0 Å². The second kappa shape index (κ2) is 4.68. The van der Waals surface area contributed by atoms with E-state index >= 15 is 0 Å². The zero-order valence-corrected chi connectivity index (χ0v) is 11.2. The minimum Gasteiger partial charge on any atom is -0.465 e. The molecule has 20 heavy (non-hydrogen) atoms. The highest BCUT2D eigenvalue weighted by Gasteiger charge is 2.65. The Balaban J connectivity index is 1.53. The number of hydrogen-bond donors (Lipinski definition) is 1. The predicted molar refractivity (Wildman–Crippen MR) is 62.1 cm³/mol. The van der Waals surface area contributed by atoms with Crippen molar-refractivity contribution >= 4 is 22.1 Å². The van der Waals surface area contributed by atoms with Crippen molar-refractivity contribution in [2.24, 2.45) is 11.8 Å². The monoisotopic (exact) mass is 306 g/mol. The molecular weight excluding hydrogens is 292 g/mol. The van der Waals surface area contributed by atoms with Crippen LogP contribution in [0, 0.1) is 11.8 Å². The second-order valence-corrected chi connectivity index (χ2v) is 6.79. The Morgan fingerprint density at radius 3 is 2.85 bits per heavy atom. The summed E-state index contributed by atoms with van der Waals surface area (Å²) >= 11 is 0. The van der Waals surface area contributed by atoms with Gasteiger partial charge in [-0.25, -0.2) is 0 Å². The quantitative estimate of drug-likeness (QED) is 0.396. The van der Waals surface area contributed by atoms with Gasteiger partial charge in [-0.2, -0.15) is 8.42 Å². The van der Waals surface area contributed by atoms with E-state index in [1.54, 1.807) is 0 Å². The molecule has 0 radical (unpaired) electrons. The largest absolute Gasteiger partial charge is 0.465 e. The highest BCUT2D eigenvalue weighted by Crippen LogP contribution is 2.49. The summed E-state index contributed by atoms with van der Waals surface area (Å²) in [6.07, 6.45) is -0.830. The molecule has 0 aliphatic carbocycles. The third-order valence-corrected chi connectivity index (χ3v) is 4.72. The van der Waals surface area contributed by atoms with Gasteiger partial charge < -0.3 is 14.2 Å². The maximum Gasteiger partial charge on any atom is 0.315 e. The number of fused-ring (bicyclic) bond motifs is 1. The van der Waals surface area contributed by atoms with Crippen molar-refractivity contribution in [1.82, 2.24) is 0 Å².